The summed E-state index contributed by atoms with van der Waals surface area (Å²) in [5, 5.41) is 3.61. The minimum Gasteiger partial charge on any atom is -0.386 e. The Hall–Kier alpha value is -2.68. The summed E-state index contributed by atoms with van der Waals surface area (Å²) in [6.07, 6.45) is 0. The topological polar surface area (TPSA) is 43.4 Å². The molecule has 1 aliphatic heterocycles. The van der Waals surface area contributed by atoms with Gasteiger partial charge in [0.15, 0.2) is 0 Å². The van der Waals surface area contributed by atoms with Gasteiger partial charge in [-0.1, -0.05) is 36.4 Å². The van der Waals surface area contributed by atoms with Crippen LogP contribution in [0, 0.1) is 0 Å². The molecule has 0 saturated heterocycles. The van der Waals surface area contributed by atoms with Gasteiger partial charge in [-0.3, -0.25) is 0 Å². The first-order valence-electron chi connectivity index (χ1n) is 5.97. The molecule has 1 aliphatic rings. The number of fused-ring (bicyclic) bond motifs is 2. The molecule has 0 aromatic heterocycles. The average Bonchev–Trinajstić information content (AvgIpc) is 2.44. The fourth-order valence-corrected chi connectivity index (χ4v) is 2.69. The van der Waals surface area contributed by atoms with Crippen LogP contribution in [0.15, 0.2) is 48.5 Å². The molecule has 19 heavy (non-hydrogen) atoms. The van der Waals surface area contributed by atoms with Crippen molar-refractivity contribution in [1.29, 1.82) is 0 Å². The molecule has 3 nitrogen and oxygen atoms in total. The Bertz CT molecular complexity index is 878. The third-order valence-corrected chi connectivity index (χ3v) is 3.51. The largest absolute Gasteiger partial charge is 0.386 e. The maximum atomic E-state index is 11.9. The lowest BCUT2D eigenvalue weighted by Crippen LogP contribution is -2.19. The minimum atomic E-state index is -0.571. The standard InChI is InChI=1S/C16H8O3/c17-15-12-7-3-6-11-10-5-2-1-4-9(10)8-13(14(11)12)16(18)19-15/h1-8H. The van der Waals surface area contributed by atoms with Gasteiger partial charge in [-0.25, -0.2) is 9.59 Å². The van der Waals surface area contributed by atoms with E-state index in [1.807, 2.05) is 36.4 Å². The molecule has 0 atom stereocenters. The molecule has 0 bridgehead atoms. The monoisotopic (exact) mass is 248 g/mol. The average molecular weight is 248 g/mol. The van der Waals surface area contributed by atoms with Gasteiger partial charge in [0.1, 0.15) is 0 Å². The Morgan fingerprint density at radius 1 is 0.737 bits per heavy atom. The Balaban J connectivity index is 2.34. The second-order valence-corrected chi connectivity index (χ2v) is 4.55. The number of hydrogen-bond donors (Lipinski definition) is 0. The second-order valence-electron chi connectivity index (χ2n) is 4.55. The number of cyclic esters (lactones) is 2. The maximum absolute atomic E-state index is 11.9. The lowest BCUT2D eigenvalue weighted by atomic mass is 9.92. The molecular weight excluding hydrogens is 240 g/mol. The Labute approximate surface area is 108 Å². The summed E-state index contributed by atoms with van der Waals surface area (Å²) in [6.45, 7) is 0. The molecule has 1 heterocycles. The molecule has 0 radical (unpaired) electrons. The molecule has 4 rings (SSSR count). The summed E-state index contributed by atoms with van der Waals surface area (Å²) < 4.78 is 4.77. The first-order chi connectivity index (χ1) is 9.25. The van der Waals surface area contributed by atoms with Crippen LogP contribution in [0.2, 0.25) is 0 Å². The van der Waals surface area contributed by atoms with E-state index in [0.717, 1.165) is 16.2 Å². The zero-order valence-electron chi connectivity index (χ0n) is 9.84. The van der Waals surface area contributed by atoms with E-state index in [0.29, 0.717) is 16.5 Å². The van der Waals surface area contributed by atoms with E-state index in [4.69, 9.17) is 4.74 Å². The predicted octanol–water partition coefficient (Wildman–Crippen LogP) is 3.30. The van der Waals surface area contributed by atoms with E-state index in [-0.39, 0.29) is 0 Å². The van der Waals surface area contributed by atoms with Crippen molar-refractivity contribution in [1.82, 2.24) is 0 Å². The minimum absolute atomic E-state index is 0.456. The van der Waals surface area contributed by atoms with Gasteiger partial charge in [0, 0.05) is 5.39 Å². The zero-order chi connectivity index (χ0) is 13.0. The van der Waals surface area contributed by atoms with Gasteiger partial charge >= 0.3 is 11.9 Å². The van der Waals surface area contributed by atoms with Crippen LogP contribution < -0.4 is 0 Å². The fourth-order valence-electron chi connectivity index (χ4n) is 2.69. The molecule has 0 amide bonds. The molecule has 3 aromatic rings. The lowest BCUT2D eigenvalue weighted by Gasteiger charge is -2.16. The number of rotatable bonds is 0. The zero-order valence-corrected chi connectivity index (χ0v) is 9.84. The van der Waals surface area contributed by atoms with Gasteiger partial charge in [-0.15, -0.1) is 0 Å². The lowest BCUT2D eigenvalue weighted by molar-refractivity contribution is 0.0391. The molecule has 3 aromatic carbocycles. The quantitative estimate of drug-likeness (QED) is 0.348. The normalized spacial score (nSPS) is 13.9. The van der Waals surface area contributed by atoms with Crippen molar-refractivity contribution in [2.75, 3.05) is 0 Å². The Kier molecular flexibility index (Phi) is 1.85. The van der Waals surface area contributed by atoms with Crippen molar-refractivity contribution in [2.24, 2.45) is 0 Å². The first kappa shape index (κ1) is 10.3. The summed E-state index contributed by atoms with van der Waals surface area (Å²) in [7, 11) is 0. The Morgan fingerprint density at radius 3 is 2.37 bits per heavy atom. The third kappa shape index (κ3) is 1.27. The van der Waals surface area contributed by atoms with Crippen LogP contribution in [0.4, 0.5) is 0 Å². The van der Waals surface area contributed by atoms with Crippen LogP contribution in [-0.4, -0.2) is 11.9 Å². The summed E-state index contributed by atoms with van der Waals surface area (Å²) in [5.74, 6) is -1.14. The van der Waals surface area contributed by atoms with Crippen LogP contribution in [-0.2, 0) is 4.74 Å². The molecule has 0 aliphatic carbocycles. The van der Waals surface area contributed by atoms with E-state index in [1.165, 1.54) is 0 Å². The highest BCUT2D eigenvalue weighted by Crippen LogP contribution is 2.34. The molecule has 0 spiro atoms. The van der Waals surface area contributed by atoms with Crippen LogP contribution in [0.1, 0.15) is 20.7 Å². The van der Waals surface area contributed by atoms with Crippen molar-refractivity contribution in [3.63, 3.8) is 0 Å². The van der Waals surface area contributed by atoms with Crippen molar-refractivity contribution < 1.29 is 14.3 Å². The highest BCUT2D eigenvalue weighted by Gasteiger charge is 2.27. The molecule has 0 unspecified atom stereocenters. The number of carbonyl (C=O) groups is 2. The number of carbonyl (C=O) groups excluding carboxylic acids is 2. The van der Waals surface area contributed by atoms with Gasteiger partial charge in [0.05, 0.1) is 11.1 Å². The van der Waals surface area contributed by atoms with E-state index < -0.39 is 11.9 Å². The van der Waals surface area contributed by atoms with Gasteiger partial charge in [-0.05, 0) is 28.3 Å². The van der Waals surface area contributed by atoms with Gasteiger partial charge in [0.25, 0.3) is 0 Å². The SMILES string of the molecule is O=C1OC(=O)c2cc3ccccc3c3cccc1c23. The molecule has 3 heteroatoms. The summed E-state index contributed by atoms with van der Waals surface area (Å²) in [4.78, 5) is 23.7. The fraction of sp³-hybridized carbons (Fsp3) is 0. The van der Waals surface area contributed by atoms with E-state index in [2.05, 4.69) is 0 Å². The number of ether oxygens (including phenoxy) is 1. The molecule has 0 saturated carbocycles. The van der Waals surface area contributed by atoms with Crippen molar-refractivity contribution in [2.45, 2.75) is 0 Å². The van der Waals surface area contributed by atoms with Crippen LogP contribution in [0.5, 0.6) is 0 Å². The van der Waals surface area contributed by atoms with E-state index in [9.17, 15) is 9.59 Å². The van der Waals surface area contributed by atoms with Gasteiger partial charge in [0.2, 0.25) is 0 Å². The third-order valence-electron chi connectivity index (χ3n) is 3.51. The van der Waals surface area contributed by atoms with Crippen LogP contribution in [0.3, 0.4) is 0 Å². The summed E-state index contributed by atoms with van der Waals surface area (Å²) in [6, 6.07) is 15.0. The summed E-state index contributed by atoms with van der Waals surface area (Å²) >= 11 is 0. The van der Waals surface area contributed by atoms with Crippen molar-refractivity contribution in [3.8, 4) is 0 Å². The highest BCUT2D eigenvalue weighted by atomic mass is 16.6. The van der Waals surface area contributed by atoms with Crippen molar-refractivity contribution >= 4 is 33.5 Å². The number of hydrogen-bond acceptors (Lipinski definition) is 3. The highest BCUT2D eigenvalue weighted by molar-refractivity contribution is 6.25. The second kappa shape index (κ2) is 3.42. The van der Waals surface area contributed by atoms with E-state index >= 15 is 0 Å². The molecule has 90 valence electrons. The van der Waals surface area contributed by atoms with Crippen LogP contribution >= 0.6 is 0 Å². The Morgan fingerprint density at radius 2 is 1.47 bits per heavy atom. The van der Waals surface area contributed by atoms with Gasteiger partial charge in [-0.2, -0.15) is 0 Å². The van der Waals surface area contributed by atoms with Crippen molar-refractivity contribution in [3.05, 3.63) is 59.7 Å². The number of benzene rings is 3. The predicted molar refractivity (Wildman–Crippen MR) is 71.2 cm³/mol. The molecular formula is C16H8O3. The maximum Gasteiger partial charge on any atom is 0.346 e. The molecule has 0 N–H and O–H groups in total. The van der Waals surface area contributed by atoms with E-state index in [1.54, 1.807) is 12.1 Å². The molecule has 0 fully saturated rings. The first-order valence-corrected chi connectivity index (χ1v) is 5.97. The van der Waals surface area contributed by atoms with Crippen LogP contribution in [0.25, 0.3) is 21.5 Å². The summed E-state index contributed by atoms with van der Waals surface area (Å²) in [5.41, 5.74) is 0.918. The smallest absolute Gasteiger partial charge is 0.346 e. The van der Waals surface area contributed by atoms with Gasteiger partial charge < -0.3 is 4.74 Å². The number of esters is 2.